The van der Waals surface area contributed by atoms with E-state index in [-0.39, 0.29) is 82.5 Å². The number of aromatic amines is 1. The van der Waals surface area contributed by atoms with Crippen molar-refractivity contribution >= 4 is 146 Å². The van der Waals surface area contributed by atoms with Crippen LogP contribution in [0.15, 0.2) is 85.2 Å². The summed E-state index contributed by atoms with van der Waals surface area (Å²) in [7, 11) is 2.68. The van der Waals surface area contributed by atoms with Crippen molar-refractivity contribution in [1.82, 2.24) is 87.2 Å². The Kier molecular flexibility index (Phi) is 42.8. The van der Waals surface area contributed by atoms with Crippen LogP contribution in [-0.4, -0.2) is 316 Å². The van der Waals surface area contributed by atoms with E-state index in [1.165, 1.54) is 37.0 Å². The van der Waals surface area contributed by atoms with Crippen LogP contribution in [0.25, 0.3) is 21.8 Å². The van der Waals surface area contributed by atoms with Gasteiger partial charge in [-0.25, -0.2) is 9.18 Å². The first kappa shape index (κ1) is 116. The van der Waals surface area contributed by atoms with Crippen molar-refractivity contribution in [2.24, 2.45) is 17.6 Å². The highest BCUT2D eigenvalue weighted by Gasteiger charge is 2.48. The number of carboxylic acids is 2. The van der Waals surface area contributed by atoms with E-state index in [1.54, 1.807) is 124 Å². The molecule has 16 N–H and O–H groups in total. The molecule has 5 aromatic rings. The molecule has 0 unspecified atom stereocenters. The number of carboxylic acid groups (broad SMARTS) is 2. The first-order chi connectivity index (χ1) is 68.9. The van der Waals surface area contributed by atoms with Gasteiger partial charge in [0.25, 0.3) is 0 Å². The molecule has 0 aliphatic carbocycles. The van der Waals surface area contributed by atoms with Crippen molar-refractivity contribution in [2.75, 3.05) is 51.8 Å². The second kappa shape index (κ2) is 53.7. The topological polar surface area (TPSA) is 587 Å². The number of ether oxygens (including phenoxy) is 2. The summed E-state index contributed by atoms with van der Waals surface area (Å²) < 4.78 is 27.1. The number of benzene rings is 3. The van der Waals surface area contributed by atoms with Crippen molar-refractivity contribution in [3.05, 3.63) is 108 Å². The number of carbonyl (C=O) groups is 19. The molecule has 0 spiro atoms. The summed E-state index contributed by atoms with van der Waals surface area (Å²) in [5, 5.41) is 60.4. The zero-order valence-electron chi connectivity index (χ0n) is 85.7. The maximum Gasteiger partial charge on any atom is 0.407 e. The summed E-state index contributed by atoms with van der Waals surface area (Å²) in [6.45, 7) is 18.4. The number of fused-ring (bicyclic) bond motifs is 5. The van der Waals surface area contributed by atoms with Crippen molar-refractivity contribution in [2.45, 2.75) is 326 Å². The normalized spacial score (nSPS) is 24.5. The Morgan fingerprint density at radius 3 is 1.66 bits per heavy atom. The standard InChI is InChI=1S/C102H145FN18O24S/c1-15-17-29-77-91(134)110-69(44-57(3)4)89(132)115-75(86(104)129)55-146-56-82(123)107-72(46-59-34-36-62(103)37-35-59)96(139)119-42-24-23-32-78(119)93(136)114-74(50-83(124)125)97(140)120-43-25-33-79(120)92(135)109-67(38-39-85(128)144-101(7,8)9)87(130)112-71(45-58(5)6)98(141)121-53-63(122)49-81(121)94(137)111-70(47-60-51-106-66-28-21-19-26-64(60)66)90(133)108-68(40-41-105-100(143)145-102(10,11)12)88(131)113-73(95(138)117(14)80(30-18-16-2)99(142)116(77)13)48-61-52-118(54-84(126)127)76-31-22-20-27-65(61)76/h19-22,26-28,31,34-37,51-52,57-58,63,67-75,77-81,106,122H,15-18,23-25,29-30,32-33,38-50,53-56H2,1-14H3,(H2,104,129)(H,105,143)(H,107,123)(H,108,133)(H,109,135)(H,110,134)(H,111,137)(H,112,130)(H,113,131)(H,114,136)(H,115,132)(H,124,125)(H,126,127)/t63-,67+,68+,69+,70+,71+,72+,73+,74+,75+,77+,78+,79+,80+,81+/m1/s1. The molecule has 3 aromatic carbocycles. The fraction of sp³-hybridized carbons (Fsp3) is 0.598. The van der Waals surface area contributed by atoms with Crippen LogP contribution in [0, 0.1) is 17.7 Å². The van der Waals surface area contributed by atoms with Crippen molar-refractivity contribution < 1.29 is 120 Å². The minimum atomic E-state index is -1.92. The number of nitrogens with zero attached hydrogens (tertiary/aromatic N) is 6. The Bertz CT molecular complexity index is 5510. The van der Waals surface area contributed by atoms with Crippen LogP contribution < -0.4 is 58.9 Å². The number of H-pyrrole nitrogens is 1. The Hall–Kier alpha value is -13.3. The highest BCUT2D eigenvalue weighted by Crippen LogP contribution is 2.31. The van der Waals surface area contributed by atoms with Crippen LogP contribution in [0.4, 0.5) is 9.18 Å². The van der Waals surface area contributed by atoms with Gasteiger partial charge in [-0.3, -0.25) is 86.3 Å². The average Bonchev–Trinajstić information content (AvgIpc) is 1.64. The molecular weight excluding hydrogens is 1910 g/mol. The Labute approximate surface area is 852 Å². The number of aliphatic carboxylic acids is 2. The van der Waals surface area contributed by atoms with Gasteiger partial charge in [-0.05, 0) is 165 Å². The minimum Gasteiger partial charge on any atom is -0.481 e. The molecule has 9 rings (SSSR count). The van der Waals surface area contributed by atoms with Gasteiger partial charge in [0.1, 0.15) is 108 Å². The number of aromatic nitrogens is 2. The zero-order chi connectivity index (χ0) is 107. The number of alkyl carbamates (subject to hydrolysis) is 1. The number of primary amides is 1. The summed E-state index contributed by atoms with van der Waals surface area (Å²) in [5.74, 6) is -20.3. The summed E-state index contributed by atoms with van der Waals surface area (Å²) in [5.41, 5.74) is 5.97. The lowest BCUT2D eigenvalue weighted by molar-refractivity contribution is -0.155. The Morgan fingerprint density at radius 1 is 0.521 bits per heavy atom. The number of unbranched alkanes of at least 4 members (excludes halogenated alkanes) is 2. The molecule has 4 aliphatic rings. The molecule has 4 aliphatic heterocycles. The van der Waals surface area contributed by atoms with Crippen molar-refractivity contribution in [1.29, 1.82) is 0 Å². The number of halogens is 1. The summed E-state index contributed by atoms with van der Waals surface area (Å²) in [4.78, 5) is 290. The molecule has 4 saturated heterocycles. The van der Waals surface area contributed by atoms with Crippen LogP contribution in [0.2, 0.25) is 0 Å². The second-order valence-electron chi connectivity index (χ2n) is 40.9. The fourth-order valence-corrected chi connectivity index (χ4v) is 19.5. The van der Waals surface area contributed by atoms with Crippen LogP contribution in [0.5, 0.6) is 0 Å². The van der Waals surface area contributed by atoms with Gasteiger partial charge in [0, 0.05) is 112 Å². The maximum absolute atomic E-state index is 16.2. The number of carbonyl (C=O) groups excluding carboxylic acids is 17. The monoisotopic (exact) mass is 2060 g/mol. The summed E-state index contributed by atoms with van der Waals surface area (Å²) in [6, 6.07) is -3.80. The number of amides is 16. The van der Waals surface area contributed by atoms with Gasteiger partial charge in [0.05, 0.1) is 18.3 Å². The van der Waals surface area contributed by atoms with Crippen molar-refractivity contribution in [3.63, 3.8) is 0 Å². The molecular formula is C102H145FN18O24S. The first-order valence-corrected chi connectivity index (χ1v) is 51.3. The van der Waals surface area contributed by atoms with Crippen LogP contribution in [-0.2, 0) is 122 Å². The fourth-order valence-electron chi connectivity index (χ4n) is 18.7. The number of aliphatic hydroxyl groups is 1. The lowest BCUT2D eigenvalue weighted by atomic mass is 9.97. The molecule has 0 saturated carbocycles. The molecule has 146 heavy (non-hydrogen) atoms. The van der Waals surface area contributed by atoms with E-state index in [0.29, 0.717) is 77.0 Å². The number of likely N-dealkylation sites (N-methyl/N-ethyl adjacent to an activating group) is 2. The third-order valence-electron chi connectivity index (χ3n) is 25.9. The van der Waals surface area contributed by atoms with Crippen molar-refractivity contribution in [3.8, 4) is 0 Å². The Balaban J connectivity index is 1.15. The number of piperidine rings is 1. The van der Waals surface area contributed by atoms with Gasteiger partial charge in [-0.15, -0.1) is 11.8 Å². The molecule has 15 atom stereocenters. The third kappa shape index (κ3) is 33.6. The first-order valence-electron chi connectivity index (χ1n) is 50.1. The highest BCUT2D eigenvalue weighted by atomic mass is 32.2. The van der Waals surface area contributed by atoms with Gasteiger partial charge in [0.2, 0.25) is 88.6 Å². The molecule has 0 radical (unpaired) electrons. The lowest BCUT2D eigenvalue weighted by Crippen LogP contribution is -2.61. The van der Waals surface area contributed by atoms with E-state index >= 15 is 52.7 Å². The predicted octanol–water partition coefficient (Wildman–Crippen LogP) is 3.94. The van der Waals surface area contributed by atoms with Crippen LogP contribution >= 0.6 is 11.8 Å². The maximum atomic E-state index is 16.2. The number of esters is 1. The van der Waals surface area contributed by atoms with Gasteiger partial charge < -0.3 is 118 Å². The molecule has 44 heteroatoms. The number of para-hydroxylation sites is 2. The van der Waals surface area contributed by atoms with E-state index < -0.39 is 290 Å². The number of hydrogen-bond acceptors (Lipinski definition) is 23. The zero-order valence-corrected chi connectivity index (χ0v) is 86.5. The largest absolute Gasteiger partial charge is 0.481 e. The quantitative estimate of drug-likeness (QED) is 0.0331. The molecule has 6 heterocycles. The third-order valence-corrected chi connectivity index (χ3v) is 26.9. The molecule has 2 aromatic heterocycles. The van der Waals surface area contributed by atoms with E-state index in [0.717, 1.165) is 48.4 Å². The molecule has 800 valence electrons. The predicted molar refractivity (Wildman–Crippen MR) is 537 cm³/mol. The molecule has 0 bridgehead atoms. The molecule has 16 amide bonds. The molecule has 42 nitrogen and oxygen atoms in total. The SMILES string of the molecule is CCCC[C@H]1C(=O)N(C)[C@@H](CCCC)C(=O)N[C@@H](CC(C)C)C(=O)N[C@H](C(N)=O)CSCC(=O)N[C@@H](Cc2ccc(F)cc2)C(=O)N2CCCC[C@H]2C(=O)N[C@@H](CC(=O)O)C(=O)N2CCC[C@H]2C(=O)N[C@@H](CCC(=O)OC(C)(C)C)C(=O)N[C@@H](CC(C)C)C(=O)N2C[C@H](O)C[C@H]2C(=O)N[C@@H](Cc2c[nH]c3ccccc23)C(=O)N[C@@H](CCNC(=O)OC(C)(C)C)C(=O)N[C@@H](Cc2cn(CC(=O)O)c3ccccc23)C(=O)N1C. The van der Waals surface area contributed by atoms with E-state index in [2.05, 4.69) is 58.2 Å². The lowest BCUT2D eigenvalue weighted by Gasteiger charge is -2.38. The van der Waals surface area contributed by atoms with Crippen LogP contribution in [0.3, 0.4) is 0 Å². The summed E-state index contributed by atoms with van der Waals surface area (Å²) >= 11 is 0.805. The second-order valence-corrected chi connectivity index (χ2v) is 41.9. The highest BCUT2D eigenvalue weighted by molar-refractivity contribution is 8.00. The van der Waals surface area contributed by atoms with E-state index in [9.17, 15) is 58.1 Å². The smallest absolute Gasteiger partial charge is 0.407 e. The number of rotatable bonds is 27. The van der Waals surface area contributed by atoms with Gasteiger partial charge >= 0.3 is 24.0 Å². The number of aliphatic hydroxyl groups excluding tert-OH is 1. The van der Waals surface area contributed by atoms with Crippen LogP contribution in [0.1, 0.15) is 215 Å². The minimum absolute atomic E-state index is 0.00366. The number of hydrogen-bond donors (Lipinski definition) is 15. The summed E-state index contributed by atoms with van der Waals surface area (Å²) in [6.07, 6.45) is -1.53. The number of nitrogens with one attached hydrogen (secondary N) is 11. The van der Waals surface area contributed by atoms with Gasteiger partial charge in [-0.1, -0.05) is 116 Å². The molecule has 4 fully saturated rings. The number of nitrogens with two attached hydrogens (primary N) is 1. The van der Waals surface area contributed by atoms with Gasteiger partial charge in [-0.2, -0.15) is 0 Å². The van der Waals surface area contributed by atoms with Gasteiger partial charge in [0.15, 0.2) is 0 Å². The van der Waals surface area contributed by atoms with E-state index in [1.807, 2.05) is 13.8 Å². The average molecular weight is 2060 g/mol. The number of thioether (sulfide) groups is 1. The van der Waals surface area contributed by atoms with E-state index in [4.69, 9.17) is 15.2 Å². The Morgan fingerprint density at radius 2 is 1.03 bits per heavy atom.